The summed E-state index contributed by atoms with van der Waals surface area (Å²) in [5.41, 5.74) is 1.16. The maximum Gasteiger partial charge on any atom is 0.0704 e. The molecule has 0 N–H and O–H groups in total. The van der Waals surface area contributed by atoms with Crippen molar-refractivity contribution in [1.82, 2.24) is 0 Å². The third-order valence-electron chi connectivity index (χ3n) is 12.0. The van der Waals surface area contributed by atoms with Crippen LogP contribution in [0.3, 0.4) is 0 Å². The highest BCUT2D eigenvalue weighted by Gasteiger charge is 2.60. The van der Waals surface area contributed by atoms with E-state index in [-0.39, 0.29) is 0 Å². The Labute approximate surface area is 235 Å². The summed E-state index contributed by atoms with van der Waals surface area (Å²) in [4.78, 5) is 0. The van der Waals surface area contributed by atoms with Gasteiger partial charge in [0, 0.05) is 5.75 Å². The molecule has 0 spiro atoms. The summed E-state index contributed by atoms with van der Waals surface area (Å²) in [6, 6.07) is 0. The van der Waals surface area contributed by atoms with Crippen LogP contribution in [0.1, 0.15) is 112 Å². The maximum absolute atomic E-state index is 6.34. The molecule has 0 bridgehead atoms. The second-order valence-corrected chi connectivity index (χ2v) is 14.9. The Kier molecular flexibility index (Phi) is 11.2. The zero-order valence-corrected chi connectivity index (χ0v) is 25.9. The molecule has 0 aromatic rings. The van der Waals surface area contributed by atoms with E-state index in [9.17, 15) is 0 Å². The minimum Gasteiger partial charge on any atom is -0.378 e. The summed E-state index contributed by atoms with van der Waals surface area (Å²) in [7, 11) is 0. The molecule has 0 amide bonds. The molecule has 9 atom stereocenters. The molecule has 0 radical (unpaired) electrons. The van der Waals surface area contributed by atoms with Crippen LogP contribution in [0.2, 0.25) is 0 Å². The van der Waals surface area contributed by atoms with Crippen LogP contribution in [0.25, 0.3) is 0 Å². The Morgan fingerprint density at radius 1 is 0.757 bits per heavy atom. The predicted octanol–water partition coefficient (Wildman–Crippen LogP) is 8.46. The van der Waals surface area contributed by atoms with Gasteiger partial charge in [-0.2, -0.15) is 12.6 Å². The van der Waals surface area contributed by atoms with Crippen molar-refractivity contribution in [2.45, 2.75) is 118 Å². The maximum atomic E-state index is 6.34. The van der Waals surface area contributed by atoms with Crippen LogP contribution < -0.4 is 0 Å². The van der Waals surface area contributed by atoms with E-state index < -0.39 is 0 Å². The van der Waals surface area contributed by atoms with E-state index in [1.807, 2.05) is 0 Å². The van der Waals surface area contributed by atoms with Gasteiger partial charge in [-0.25, -0.2) is 0 Å². The van der Waals surface area contributed by atoms with Crippen LogP contribution in [-0.4, -0.2) is 44.9 Å². The summed E-state index contributed by atoms with van der Waals surface area (Å²) < 4.78 is 17.5. The largest absolute Gasteiger partial charge is 0.378 e. The molecular weight excluding hydrogens is 476 g/mol. The SMILES string of the molecule is CC(C)CCC[C@@H](C)[C@H]1CC[C@H]2[C@@H]3CCC4C[C@@H](OCCOCCOCCS)CC[C@]4(C)[C@H]3CC[C@]12C. The van der Waals surface area contributed by atoms with E-state index in [4.69, 9.17) is 14.2 Å². The third kappa shape index (κ3) is 6.94. The second kappa shape index (κ2) is 13.7. The summed E-state index contributed by atoms with van der Waals surface area (Å²) in [5.74, 6) is 7.30. The first-order valence-corrected chi connectivity index (χ1v) is 16.8. The van der Waals surface area contributed by atoms with Crippen molar-refractivity contribution < 1.29 is 14.2 Å². The van der Waals surface area contributed by atoms with Crippen molar-refractivity contribution in [3.8, 4) is 0 Å². The standard InChI is InChI=1S/C33H60O3S/c1-24(2)7-6-8-25(3)29-11-12-30-28-10-9-26-23-27(36-20-19-34-17-18-35-21-22-37)13-15-32(26,4)31(28)14-16-33(29,30)5/h24-31,37H,6-23H2,1-5H3/t25-,26?,27+,28+,29-,30+,31+,32+,33-/m1/s1. The van der Waals surface area contributed by atoms with E-state index >= 15 is 0 Å². The Morgan fingerprint density at radius 3 is 2.22 bits per heavy atom. The lowest BCUT2D eigenvalue weighted by molar-refractivity contribution is -0.139. The van der Waals surface area contributed by atoms with Crippen LogP contribution in [0.5, 0.6) is 0 Å². The van der Waals surface area contributed by atoms with Gasteiger partial charge in [0.05, 0.1) is 39.1 Å². The molecule has 37 heavy (non-hydrogen) atoms. The van der Waals surface area contributed by atoms with Gasteiger partial charge in [-0.1, -0.05) is 53.9 Å². The molecule has 4 aliphatic carbocycles. The minimum absolute atomic E-state index is 0.440. The quantitative estimate of drug-likeness (QED) is 0.178. The average Bonchev–Trinajstić information content (AvgIpc) is 3.22. The first kappa shape index (κ1) is 30.2. The van der Waals surface area contributed by atoms with Gasteiger partial charge in [0.25, 0.3) is 0 Å². The van der Waals surface area contributed by atoms with Gasteiger partial charge in [-0.3, -0.25) is 0 Å². The fourth-order valence-electron chi connectivity index (χ4n) is 10.1. The van der Waals surface area contributed by atoms with Gasteiger partial charge >= 0.3 is 0 Å². The van der Waals surface area contributed by atoms with E-state index in [0.717, 1.165) is 53.8 Å². The number of fused-ring (bicyclic) bond motifs is 5. The molecule has 0 heterocycles. The van der Waals surface area contributed by atoms with Crippen molar-refractivity contribution in [3.05, 3.63) is 0 Å². The van der Waals surface area contributed by atoms with Gasteiger partial charge < -0.3 is 14.2 Å². The highest BCUT2D eigenvalue weighted by Crippen LogP contribution is 2.68. The Morgan fingerprint density at radius 2 is 1.46 bits per heavy atom. The first-order valence-electron chi connectivity index (χ1n) is 16.2. The van der Waals surface area contributed by atoms with Gasteiger partial charge in [-0.05, 0) is 110 Å². The van der Waals surface area contributed by atoms with Gasteiger partial charge in [0.15, 0.2) is 0 Å². The van der Waals surface area contributed by atoms with E-state index in [1.54, 1.807) is 0 Å². The van der Waals surface area contributed by atoms with Crippen LogP contribution >= 0.6 is 12.6 Å². The van der Waals surface area contributed by atoms with Gasteiger partial charge in [0.1, 0.15) is 0 Å². The zero-order valence-electron chi connectivity index (χ0n) is 25.0. The second-order valence-electron chi connectivity index (χ2n) is 14.4. The fourth-order valence-corrected chi connectivity index (χ4v) is 10.2. The predicted molar refractivity (Wildman–Crippen MR) is 158 cm³/mol. The lowest BCUT2D eigenvalue weighted by Gasteiger charge is -2.61. The lowest BCUT2D eigenvalue weighted by atomic mass is 9.44. The number of hydrogen-bond donors (Lipinski definition) is 1. The highest BCUT2D eigenvalue weighted by atomic mass is 32.1. The Hall–Kier alpha value is 0.230. The monoisotopic (exact) mass is 536 g/mol. The first-order chi connectivity index (χ1) is 17.8. The topological polar surface area (TPSA) is 27.7 Å². The molecule has 4 aliphatic rings. The molecule has 4 saturated carbocycles. The van der Waals surface area contributed by atoms with E-state index in [0.29, 0.717) is 43.4 Å². The number of hydrogen-bond acceptors (Lipinski definition) is 4. The molecule has 4 rings (SSSR count). The smallest absolute Gasteiger partial charge is 0.0704 e. The molecule has 0 saturated heterocycles. The van der Waals surface area contributed by atoms with Crippen molar-refractivity contribution in [1.29, 1.82) is 0 Å². The van der Waals surface area contributed by atoms with E-state index in [2.05, 4.69) is 47.2 Å². The average molecular weight is 537 g/mol. The molecular formula is C33H60O3S. The Bertz CT molecular complexity index is 684. The highest BCUT2D eigenvalue weighted by molar-refractivity contribution is 7.80. The van der Waals surface area contributed by atoms with Crippen molar-refractivity contribution in [3.63, 3.8) is 0 Å². The summed E-state index contributed by atoms with van der Waals surface area (Å²) >= 11 is 4.16. The van der Waals surface area contributed by atoms with Gasteiger partial charge in [0.2, 0.25) is 0 Å². The molecule has 1 unspecified atom stereocenters. The van der Waals surface area contributed by atoms with Crippen molar-refractivity contribution in [2.75, 3.05) is 38.8 Å². The molecule has 216 valence electrons. The van der Waals surface area contributed by atoms with Crippen LogP contribution in [0.15, 0.2) is 0 Å². The Balaban J connectivity index is 1.26. The molecule has 0 aromatic heterocycles. The summed E-state index contributed by atoms with van der Waals surface area (Å²) in [5, 5.41) is 0. The fraction of sp³-hybridized carbons (Fsp3) is 1.00. The number of thiol groups is 1. The van der Waals surface area contributed by atoms with Crippen LogP contribution in [-0.2, 0) is 14.2 Å². The number of ether oxygens (including phenoxy) is 3. The zero-order chi connectivity index (χ0) is 26.5. The molecule has 0 aromatic carbocycles. The van der Waals surface area contributed by atoms with Crippen molar-refractivity contribution in [2.24, 2.45) is 52.3 Å². The van der Waals surface area contributed by atoms with Gasteiger partial charge in [-0.15, -0.1) is 0 Å². The number of rotatable bonds is 14. The summed E-state index contributed by atoms with van der Waals surface area (Å²) in [6.45, 7) is 16.2. The minimum atomic E-state index is 0.440. The normalized spacial score (nSPS) is 40.3. The molecule has 3 nitrogen and oxygen atoms in total. The van der Waals surface area contributed by atoms with E-state index in [1.165, 1.54) is 77.0 Å². The van der Waals surface area contributed by atoms with Crippen LogP contribution in [0, 0.1) is 52.3 Å². The molecule has 0 aliphatic heterocycles. The third-order valence-corrected chi connectivity index (χ3v) is 12.2. The molecule has 4 fully saturated rings. The molecule has 4 heteroatoms. The van der Waals surface area contributed by atoms with Crippen LogP contribution in [0.4, 0.5) is 0 Å². The lowest BCUT2D eigenvalue weighted by Crippen LogP contribution is -2.54. The summed E-state index contributed by atoms with van der Waals surface area (Å²) in [6.07, 6.45) is 17.6. The van der Waals surface area contributed by atoms with Crippen molar-refractivity contribution >= 4 is 12.6 Å².